The van der Waals surface area contributed by atoms with Crippen LogP contribution in [0.3, 0.4) is 0 Å². The van der Waals surface area contributed by atoms with E-state index in [0.29, 0.717) is 13.2 Å². The first-order chi connectivity index (χ1) is 9.42. The molecule has 0 saturated heterocycles. The van der Waals surface area contributed by atoms with Crippen molar-refractivity contribution in [1.82, 2.24) is 5.32 Å². The summed E-state index contributed by atoms with van der Waals surface area (Å²) in [7, 11) is 3.74. The zero-order valence-electron chi connectivity index (χ0n) is 13.3. The molecule has 0 radical (unpaired) electrons. The monoisotopic (exact) mass is 282 g/mol. The number of nitrogens with one attached hydrogen (secondary N) is 1. The van der Waals surface area contributed by atoms with E-state index < -0.39 is 0 Å². The summed E-state index contributed by atoms with van der Waals surface area (Å²) in [6, 6.07) is 4.99. The van der Waals surface area contributed by atoms with E-state index >= 15 is 0 Å². The Morgan fingerprint density at radius 1 is 1.35 bits per heavy atom. The molecule has 0 aliphatic heterocycles. The molecular formula is C16H27FN2O. The van der Waals surface area contributed by atoms with Crippen molar-refractivity contribution in [2.75, 3.05) is 32.2 Å². The van der Waals surface area contributed by atoms with E-state index in [1.807, 2.05) is 6.07 Å². The van der Waals surface area contributed by atoms with Crippen LogP contribution < -0.4 is 10.2 Å². The van der Waals surface area contributed by atoms with Gasteiger partial charge in [-0.15, -0.1) is 0 Å². The lowest BCUT2D eigenvalue weighted by Gasteiger charge is -2.38. The van der Waals surface area contributed by atoms with Gasteiger partial charge in [0.05, 0.1) is 6.61 Å². The molecular weight excluding hydrogens is 255 g/mol. The van der Waals surface area contributed by atoms with Crippen LogP contribution in [0.5, 0.6) is 0 Å². The summed E-state index contributed by atoms with van der Waals surface area (Å²) in [5.74, 6) is -0.194. The van der Waals surface area contributed by atoms with Gasteiger partial charge in [0.2, 0.25) is 0 Å². The van der Waals surface area contributed by atoms with Crippen LogP contribution >= 0.6 is 0 Å². The molecule has 0 aromatic heterocycles. The van der Waals surface area contributed by atoms with Gasteiger partial charge >= 0.3 is 0 Å². The number of hydrogen-bond acceptors (Lipinski definition) is 3. The topological polar surface area (TPSA) is 24.5 Å². The summed E-state index contributed by atoms with van der Waals surface area (Å²) in [5, 5.41) is 3.28. The molecule has 0 fully saturated rings. The molecule has 1 rings (SSSR count). The third-order valence-electron chi connectivity index (χ3n) is 3.97. The minimum atomic E-state index is -0.194. The zero-order chi connectivity index (χ0) is 15.2. The summed E-state index contributed by atoms with van der Waals surface area (Å²) in [6.45, 7) is 8.60. The number of methoxy groups -OCH3 is 1. The Bertz CT molecular complexity index is 421. The lowest BCUT2D eigenvalue weighted by atomic mass is 9.98. The standard InChI is InChI=1S/C16H27FN2O/c1-6-16(2,3)19(4)15-8-7-14(17)11-13(15)12-18-9-10-20-5/h7-8,11,18H,6,9-10,12H2,1-5H3. The molecule has 0 atom stereocenters. The molecule has 0 unspecified atom stereocenters. The van der Waals surface area contributed by atoms with E-state index in [0.717, 1.165) is 24.2 Å². The molecule has 4 heteroatoms. The average molecular weight is 282 g/mol. The predicted molar refractivity (Wildman–Crippen MR) is 82.8 cm³/mol. The highest BCUT2D eigenvalue weighted by molar-refractivity contribution is 5.55. The van der Waals surface area contributed by atoms with Gasteiger partial charge in [0, 0.05) is 38.5 Å². The molecule has 0 spiro atoms. The molecule has 0 heterocycles. The van der Waals surface area contributed by atoms with Crippen molar-refractivity contribution in [3.05, 3.63) is 29.6 Å². The van der Waals surface area contributed by atoms with Crippen LogP contribution in [0.25, 0.3) is 0 Å². The van der Waals surface area contributed by atoms with E-state index in [2.05, 4.69) is 38.0 Å². The van der Waals surface area contributed by atoms with Gasteiger partial charge in [0.1, 0.15) is 5.82 Å². The number of nitrogens with zero attached hydrogens (tertiary/aromatic N) is 1. The first-order valence-corrected chi connectivity index (χ1v) is 7.14. The molecule has 0 bridgehead atoms. The summed E-state index contributed by atoms with van der Waals surface area (Å²) in [5.41, 5.74) is 2.09. The maximum absolute atomic E-state index is 13.5. The molecule has 20 heavy (non-hydrogen) atoms. The highest BCUT2D eigenvalue weighted by atomic mass is 19.1. The van der Waals surface area contributed by atoms with Crippen LogP contribution in [0.2, 0.25) is 0 Å². The largest absolute Gasteiger partial charge is 0.383 e. The molecule has 1 N–H and O–H groups in total. The smallest absolute Gasteiger partial charge is 0.123 e. The van der Waals surface area contributed by atoms with Crippen molar-refractivity contribution in [3.8, 4) is 0 Å². The van der Waals surface area contributed by atoms with Gasteiger partial charge in [0.25, 0.3) is 0 Å². The van der Waals surface area contributed by atoms with Gasteiger partial charge in [-0.1, -0.05) is 6.92 Å². The number of halogens is 1. The van der Waals surface area contributed by atoms with Crippen molar-refractivity contribution >= 4 is 5.69 Å². The molecule has 1 aromatic rings. The summed E-state index contributed by atoms with van der Waals surface area (Å²) >= 11 is 0. The van der Waals surface area contributed by atoms with Gasteiger partial charge in [-0.05, 0) is 44.0 Å². The SMILES string of the molecule is CCC(C)(C)N(C)c1ccc(F)cc1CNCCOC. The van der Waals surface area contributed by atoms with Crippen molar-refractivity contribution < 1.29 is 9.13 Å². The van der Waals surface area contributed by atoms with E-state index in [4.69, 9.17) is 4.74 Å². The number of ether oxygens (including phenoxy) is 1. The minimum absolute atomic E-state index is 0.0408. The van der Waals surface area contributed by atoms with Gasteiger partial charge in [0.15, 0.2) is 0 Å². The van der Waals surface area contributed by atoms with Gasteiger partial charge in [-0.2, -0.15) is 0 Å². The number of anilines is 1. The van der Waals surface area contributed by atoms with Crippen LogP contribution in [0.4, 0.5) is 10.1 Å². The van der Waals surface area contributed by atoms with Crippen molar-refractivity contribution in [1.29, 1.82) is 0 Å². The van der Waals surface area contributed by atoms with Crippen LogP contribution in [0, 0.1) is 5.82 Å². The lowest BCUT2D eigenvalue weighted by molar-refractivity contribution is 0.199. The molecule has 0 amide bonds. The van der Waals surface area contributed by atoms with Gasteiger partial charge in [-0.3, -0.25) is 0 Å². The highest BCUT2D eigenvalue weighted by Gasteiger charge is 2.23. The van der Waals surface area contributed by atoms with Crippen molar-refractivity contribution in [2.45, 2.75) is 39.3 Å². The van der Waals surface area contributed by atoms with E-state index in [1.165, 1.54) is 6.07 Å². The van der Waals surface area contributed by atoms with Gasteiger partial charge in [-0.25, -0.2) is 4.39 Å². The third-order valence-corrected chi connectivity index (χ3v) is 3.97. The van der Waals surface area contributed by atoms with Crippen molar-refractivity contribution in [2.24, 2.45) is 0 Å². The van der Waals surface area contributed by atoms with E-state index in [1.54, 1.807) is 13.2 Å². The number of hydrogen-bond donors (Lipinski definition) is 1. The summed E-state index contributed by atoms with van der Waals surface area (Å²) < 4.78 is 18.5. The predicted octanol–water partition coefficient (Wildman–Crippen LogP) is 3.19. The normalized spacial score (nSPS) is 11.7. The fourth-order valence-corrected chi connectivity index (χ4v) is 1.98. The van der Waals surface area contributed by atoms with E-state index in [9.17, 15) is 4.39 Å². The Kier molecular flexibility index (Phi) is 6.43. The molecule has 0 saturated carbocycles. The van der Waals surface area contributed by atoms with Crippen LogP contribution in [0.1, 0.15) is 32.8 Å². The maximum atomic E-state index is 13.5. The average Bonchev–Trinajstić information content (AvgIpc) is 2.43. The number of benzene rings is 1. The second kappa shape index (κ2) is 7.60. The fourth-order valence-electron chi connectivity index (χ4n) is 1.98. The van der Waals surface area contributed by atoms with Crippen LogP contribution in [-0.4, -0.2) is 32.8 Å². The van der Waals surface area contributed by atoms with Crippen LogP contribution in [-0.2, 0) is 11.3 Å². The first kappa shape index (κ1) is 16.9. The molecule has 0 aliphatic rings. The Morgan fingerprint density at radius 3 is 2.65 bits per heavy atom. The third kappa shape index (κ3) is 4.46. The Labute approximate surface area is 122 Å². The lowest BCUT2D eigenvalue weighted by Crippen LogP contribution is -2.41. The van der Waals surface area contributed by atoms with E-state index in [-0.39, 0.29) is 11.4 Å². The first-order valence-electron chi connectivity index (χ1n) is 7.14. The fraction of sp³-hybridized carbons (Fsp3) is 0.625. The number of rotatable bonds is 8. The minimum Gasteiger partial charge on any atom is -0.383 e. The van der Waals surface area contributed by atoms with Crippen molar-refractivity contribution in [3.63, 3.8) is 0 Å². The summed E-state index contributed by atoms with van der Waals surface area (Å²) in [6.07, 6.45) is 1.03. The van der Waals surface area contributed by atoms with Gasteiger partial charge < -0.3 is 15.0 Å². The highest BCUT2D eigenvalue weighted by Crippen LogP contribution is 2.28. The molecule has 1 aromatic carbocycles. The Balaban J connectivity index is 2.89. The van der Waals surface area contributed by atoms with Crippen LogP contribution in [0.15, 0.2) is 18.2 Å². The second-order valence-electron chi connectivity index (χ2n) is 5.67. The molecule has 114 valence electrons. The zero-order valence-corrected chi connectivity index (χ0v) is 13.3. The molecule has 0 aliphatic carbocycles. The Morgan fingerprint density at radius 2 is 2.05 bits per heavy atom. The maximum Gasteiger partial charge on any atom is 0.123 e. The second-order valence-corrected chi connectivity index (χ2v) is 5.67. The molecule has 3 nitrogen and oxygen atoms in total. The quantitative estimate of drug-likeness (QED) is 0.741. The Hall–Kier alpha value is -1.13. The summed E-state index contributed by atoms with van der Waals surface area (Å²) in [4.78, 5) is 2.22.